The van der Waals surface area contributed by atoms with E-state index in [1.54, 1.807) is 0 Å². The Morgan fingerprint density at radius 1 is 1.14 bits per heavy atom. The van der Waals surface area contributed by atoms with Crippen molar-refractivity contribution in [1.82, 2.24) is 0 Å². The fourth-order valence-corrected chi connectivity index (χ4v) is 3.12. The van der Waals surface area contributed by atoms with Crippen LogP contribution in [0.15, 0.2) is 30.4 Å². The first kappa shape index (κ1) is 13.8. The number of halogens is 1. The van der Waals surface area contributed by atoms with Gasteiger partial charge >= 0.3 is 0 Å². The zero-order chi connectivity index (χ0) is 15.1. The number of carboxylic acid groups (broad SMARTS) is 1. The number of allylic oxidation sites excluding steroid dienone is 2. The number of hydrogen-bond donors (Lipinski definition) is 0. The molecule has 1 fully saturated rings. The fourth-order valence-electron chi connectivity index (χ4n) is 2.86. The van der Waals surface area contributed by atoms with Crippen LogP contribution in [0.2, 0.25) is 5.02 Å². The summed E-state index contributed by atoms with van der Waals surface area (Å²) in [6.45, 7) is 0. The van der Waals surface area contributed by atoms with Gasteiger partial charge in [0.25, 0.3) is 0 Å². The van der Waals surface area contributed by atoms with Crippen molar-refractivity contribution in [2.24, 2.45) is 11.8 Å². The molecule has 1 aliphatic carbocycles. The van der Waals surface area contributed by atoms with Gasteiger partial charge in [0.1, 0.15) is 0 Å². The second-order valence-electron chi connectivity index (χ2n) is 5.12. The van der Waals surface area contributed by atoms with Crippen LogP contribution in [0.5, 0.6) is 0 Å². The van der Waals surface area contributed by atoms with Crippen LogP contribution in [0, 0.1) is 11.8 Å². The minimum Gasteiger partial charge on any atom is -0.545 e. The molecule has 1 aliphatic heterocycles. The van der Waals surface area contributed by atoms with Gasteiger partial charge in [0.15, 0.2) is 0 Å². The lowest BCUT2D eigenvalue weighted by Gasteiger charge is -2.16. The van der Waals surface area contributed by atoms with Gasteiger partial charge < -0.3 is 9.90 Å². The smallest absolute Gasteiger partial charge is 0.238 e. The maximum absolute atomic E-state index is 12.4. The van der Waals surface area contributed by atoms with Gasteiger partial charge in [-0.05, 0) is 31.0 Å². The average molecular weight is 305 g/mol. The van der Waals surface area contributed by atoms with Crippen LogP contribution < -0.4 is 10.0 Å². The van der Waals surface area contributed by atoms with Gasteiger partial charge in [0.2, 0.25) is 11.8 Å². The molecule has 2 amide bonds. The van der Waals surface area contributed by atoms with Crippen LogP contribution in [0.4, 0.5) is 5.69 Å². The van der Waals surface area contributed by atoms with Crippen molar-refractivity contribution in [3.8, 4) is 0 Å². The lowest BCUT2D eigenvalue weighted by atomic mass is 9.85. The first-order valence-electron chi connectivity index (χ1n) is 6.54. The molecule has 1 saturated heterocycles. The van der Waals surface area contributed by atoms with Crippen molar-refractivity contribution in [2.45, 2.75) is 12.8 Å². The summed E-state index contributed by atoms with van der Waals surface area (Å²) in [6, 6.07) is 3.96. The van der Waals surface area contributed by atoms with Crippen molar-refractivity contribution in [3.63, 3.8) is 0 Å². The molecule has 0 saturated carbocycles. The highest BCUT2D eigenvalue weighted by atomic mass is 35.5. The Morgan fingerprint density at radius 3 is 2.19 bits per heavy atom. The normalized spacial score (nSPS) is 24.3. The number of aromatic carboxylic acids is 1. The third-order valence-electron chi connectivity index (χ3n) is 3.94. The van der Waals surface area contributed by atoms with E-state index in [1.165, 1.54) is 18.2 Å². The van der Waals surface area contributed by atoms with Gasteiger partial charge in [0.05, 0.1) is 28.5 Å². The highest BCUT2D eigenvalue weighted by Crippen LogP contribution is 2.38. The number of nitrogens with zero attached hydrogens (tertiary/aromatic N) is 1. The average Bonchev–Trinajstić information content (AvgIpc) is 2.71. The van der Waals surface area contributed by atoms with Crippen LogP contribution in [0.3, 0.4) is 0 Å². The van der Waals surface area contributed by atoms with Crippen molar-refractivity contribution in [3.05, 3.63) is 40.9 Å². The summed E-state index contributed by atoms with van der Waals surface area (Å²) in [5, 5.41) is 10.8. The van der Waals surface area contributed by atoms with Gasteiger partial charge in [-0.1, -0.05) is 23.8 Å². The van der Waals surface area contributed by atoms with E-state index in [-0.39, 0.29) is 34.2 Å². The number of rotatable bonds is 2. The summed E-state index contributed by atoms with van der Waals surface area (Å²) < 4.78 is 0. The number of amides is 2. The van der Waals surface area contributed by atoms with E-state index in [0.29, 0.717) is 18.5 Å². The van der Waals surface area contributed by atoms with Crippen molar-refractivity contribution < 1.29 is 19.5 Å². The van der Waals surface area contributed by atoms with Crippen LogP contribution in [0.1, 0.15) is 23.2 Å². The number of imide groups is 1. The molecule has 0 spiro atoms. The van der Waals surface area contributed by atoms with E-state index in [9.17, 15) is 19.5 Å². The summed E-state index contributed by atoms with van der Waals surface area (Å²) in [4.78, 5) is 36.7. The molecule has 6 heteroatoms. The summed E-state index contributed by atoms with van der Waals surface area (Å²) >= 11 is 5.87. The number of carboxylic acids is 1. The highest BCUT2D eigenvalue weighted by Gasteiger charge is 2.47. The Kier molecular flexibility index (Phi) is 3.29. The van der Waals surface area contributed by atoms with E-state index < -0.39 is 5.97 Å². The lowest BCUT2D eigenvalue weighted by Crippen LogP contribution is -2.31. The standard InChI is InChI=1S/C15H12ClNO4/c16-12-7-8(5-6-11(12)15(20)21)17-13(18)9-3-1-2-4-10(9)14(17)19/h1-2,5-7,9-10H,3-4H2,(H,20,21)/p-1/t9-,10-/m0/s1. The first-order chi connectivity index (χ1) is 10.0. The molecule has 1 aromatic carbocycles. The fraction of sp³-hybridized carbons (Fsp3) is 0.267. The molecule has 0 bridgehead atoms. The minimum absolute atomic E-state index is 0.0545. The number of hydrogen-bond acceptors (Lipinski definition) is 4. The number of carbonyl (C=O) groups is 3. The summed E-state index contributed by atoms with van der Waals surface area (Å²) in [7, 11) is 0. The van der Waals surface area contributed by atoms with Crippen LogP contribution >= 0.6 is 11.6 Å². The zero-order valence-electron chi connectivity index (χ0n) is 10.9. The van der Waals surface area contributed by atoms with Crippen LogP contribution in [0.25, 0.3) is 0 Å². The predicted molar refractivity (Wildman–Crippen MR) is 73.6 cm³/mol. The molecule has 0 aromatic heterocycles. The Bertz CT molecular complexity index is 656. The van der Waals surface area contributed by atoms with Gasteiger partial charge in [0, 0.05) is 5.56 Å². The van der Waals surface area contributed by atoms with Gasteiger partial charge in [-0.15, -0.1) is 0 Å². The predicted octanol–water partition coefficient (Wildman–Crippen LogP) is 1.16. The largest absolute Gasteiger partial charge is 0.545 e. The topological polar surface area (TPSA) is 77.5 Å². The number of anilines is 1. The maximum Gasteiger partial charge on any atom is 0.238 e. The van der Waals surface area contributed by atoms with E-state index >= 15 is 0 Å². The SMILES string of the molecule is O=C([O-])c1ccc(N2C(=O)[C@H]3CC=CC[C@@H]3C2=O)cc1Cl. The van der Waals surface area contributed by atoms with Gasteiger partial charge in [-0.2, -0.15) is 0 Å². The molecule has 0 radical (unpaired) electrons. The monoisotopic (exact) mass is 304 g/mol. The highest BCUT2D eigenvalue weighted by molar-refractivity contribution is 6.34. The number of fused-ring (bicyclic) bond motifs is 1. The molecule has 108 valence electrons. The maximum atomic E-state index is 12.4. The molecule has 0 unspecified atom stereocenters. The van der Waals surface area contributed by atoms with Crippen molar-refractivity contribution in [1.29, 1.82) is 0 Å². The van der Waals surface area contributed by atoms with E-state index in [2.05, 4.69) is 0 Å². The molecular formula is C15H11ClNO4-. The molecule has 21 heavy (non-hydrogen) atoms. The second-order valence-corrected chi connectivity index (χ2v) is 5.53. The van der Waals surface area contributed by atoms with Gasteiger partial charge in [-0.25, -0.2) is 4.90 Å². The Labute approximate surface area is 125 Å². The van der Waals surface area contributed by atoms with Gasteiger partial charge in [-0.3, -0.25) is 9.59 Å². The van der Waals surface area contributed by atoms with Crippen molar-refractivity contribution >= 4 is 35.1 Å². The Morgan fingerprint density at radius 2 is 1.71 bits per heavy atom. The molecule has 1 aromatic rings. The third-order valence-corrected chi connectivity index (χ3v) is 4.25. The summed E-state index contributed by atoms with van der Waals surface area (Å²) in [5.74, 6) is -2.58. The minimum atomic E-state index is -1.40. The number of carbonyl (C=O) groups excluding carboxylic acids is 3. The van der Waals surface area contributed by atoms with Crippen LogP contribution in [-0.2, 0) is 9.59 Å². The van der Waals surface area contributed by atoms with Crippen LogP contribution in [-0.4, -0.2) is 17.8 Å². The van der Waals surface area contributed by atoms with E-state index in [0.717, 1.165) is 4.90 Å². The molecule has 2 aliphatic rings. The summed E-state index contributed by atoms with van der Waals surface area (Å²) in [5.41, 5.74) is 0.132. The molecular weight excluding hydrogens is 294 g/mol. The molecule has 3 rings (SSSR count). The first-order valence-corrected chi connectivity index (χ1v) is 6.92. The third kappa shape index (κ3) is 2.14. The summed E-state index contributed by atoms with van der Waals surface area (Å²) in [6.07, 6.45) is 4.91. The zero-order valence-corrected chi connectivity index (χ0v) is 11.7. The Balaban J connectivity index is 1.98. The molecule has 1 heterocycles. The molecule has 5 nitrogen and oxygen atoms in total. The number of benzene rings is 1. The van der Waals surface area contributed by atoms with E-state index in [1.807, 2.05) is 12.2 Å². The lowest BCUT2D eigenvalue weighted by molar-refractivity contribution is -0.255. The Hall–Kier alpha value is -2.14. The molecule has 0 N–H and O–H groups in total. The van der Waals surface area contributed by atoms with Crippen molar-refractivity contribution in [2.75, 3.05) is 4.90 Å². The molecule has 2 atom stereocenters. The quantitative estimate of drug-likeness (QED) is 0.607. The van der Waals surface area contributed by atoms with E-state index in [4.69, 9.17) is 11.6 Å². The second kappa shape index (κ2) is 5.00.